The summed E-state index contributed by atoms with van der Waals surface area (Å²) in [6.45, 7) is -4.61. The molecule has 1 aromatic carbocycles. The van der Waals surface area contributed by atoms with Crippen molar-refractivity contribution in [3.63, 3.8) is 0 Å². The van der Waals surface area contributed by atoms with Gasteiger partial charge in [0.05, 0.1) is 9.30 Å². The van der Waals surface area contributed by atoms with Crippen molar-refractivity contribution >= 4 is 10.1 Å². The highest BCUT2D eigenvalue weighted by molar-refractivity contribution is 7.86. The summed E-state index contributed by atoms with van der Waals surface area (Å²) in [6.07, 6.45) is 0. The molecule has 1 aromatic rings. The minimum Gasteiger partial charge on any atom is -0.492 e. The van der Waals surface area contributed by atoms with Crippen LogP contribution >= 0.6 is 0 Å². The van der Waals surface area contributed by atoms with Gasteiger partial charge in [0.1, 0.15) is 10.6 Å². The second-order valence-electron chi connectivity index (χ2n) is 2.63. The first-order chi connectivity index (χ1) is 8.34. The van der Waals surface area contributed by atoms with Crippen LogP contribution in [0.15, 0.2) is 23.1 Å². The van der Waals surface area contributed by atoms with Gasteiger partial charge in [-0.2, -0.15) is 8.42 Å². The summed E-state index contributed by atoms with van der Waals surface area (Å²) in [5, 5.41) is 0. The van der Waals surface area contributed by atoms with Crippen molar-refractivity contribution in [2.45, 2.75) is 18.7 Å². The summed E-state index contributed by atoms with van der Waals surface area (Å²) >= 11 is 0. The zero-order chi connectivity index (χ0) is 15.1. The van der Waals surface area contributed by atoms with Crippen molar-refractivity contribution in [2.24, 2.45) is 0 Å². The Hall–Kier alpha value is -1.07. The Kier molecular flexibility index (Phi) is 1.63. The van der Waals surface area contributed by atoms with Crippen LogP contribution in [0.5, 0.6) is 5.75 Å². The quantitative estimate of drug-likeness (QED) is 0.788. The first-order valence-electron chi connectivity index (χ1n) is 6.12. The molecule has 0 atom stereocenters. The van der Waals surface area contributed by atoms with Gasteiger partial charge >= 0.3 is 0 Å². The van der Waals surface area contributed by atoms with E-state index in [4.69, 9.17) is 11.4 Å². The molecule has 0 aliphatic heterocycles. The summed E-state index contributed by atoms with van der Waals surface area (Å²) in [5.41, 5.74) is 0.517. The first kappa shape index (κ1) is 5.72. The Labute approximate surface area is 90.3 Å². The fraction of sp³-hybridized carbons (Fsp3) is 0.333. The standard InChI is InChI=1S/C9H12O4S/c1-3-13-8-6-7(2)4-5-9(8)14(10,11)12/h4-6H,3H2,1-2H3,(H,10,11,12)/i1D3,3D2. The van der Waals surface area contributed by atoms with E-state index in [1.165, 1.54) is 6.07 Å². The van der Waals surface area contributed by atoms with Gasteiger partial charge in [-0.15, -0.1) is 0 Å². The molecule has 0 saturated heterocycles. The van der Waals surface area contributed by atoms with Gasteiger partial charge in [-0.25, -0.2) is 0 Å². The fourth-order valence-electron chi connectivity index (χ4n) is 0.963. The number of rotatable bonds is 3. The molecule has 0 amide bonds. The molecule has 0 spiro atoms. The maximum Gasteiger partial charge on any atom is 0.298 e. The molecule has 0 aromatic heterocycles. The average Bonchev–Trinajstić information content (AvgIpc) is 2.12. The summed E-state index contributed by atoms with van der Waals surface area (Å²) in [5.74, 6) is -0.552. The van der Waals surface area contributed by atoms with Gasteiger partial charge in [-0.05, 0) is 31.5 Å². The fourth-order valence-corrected chi connectivity index (χ4v) is 1.56. The summed E-state index contributed by atoms with van der Waals surface area (Å²) in [4.78, 5) is -0.689. The molecule has 0 aliphatic rings. The Morgan fingerprint density at radius 1 is 1.64 bits per heavy atom. The van der Waals surface area contributed by atoms with Crippen LogP contribution < -0.4 is 4.74 Å². The third kappa shape index (κ3) is 2.46. The molecule has 4 nitrogen and oxygen atoms in total. The van der Waals surface area contributed by atoms with Crippen LogP contribution in [0.3, 0.4) is 0 Å². The van der Waals surface area contributed by atoms with Gasteiger partial charge in [-0.3, -0.25) is 4.55 Å². The van der Waals surface area contributed by atoms with Crippen LogP contribution in [-0.2, 0) is 10.1 Å². The molecule has 0 bridgehead atoms. The highest BCUT2D eigenvalue weighted by atomic mass is 32.2. The number of hydrogen-bond donors (Lipinski definition) is 1. The van der Waals surface area contributed by atoms with E-state index in [2.05, 4.69) is 4.74 Å². The highest BCUT2D eigenvalue weighted by Gasteiger charge is 2.15. The van der Waals surface area contributed by atoms with Gasteiger partial charge in [0.2, 0.25) is 0 Å². The lowest BCUT2D eigenvalue weighted by molar-refractivity contribution is 0.329. The predicted octanol–water partition coefficient (Wildman–Crippen LogP) is 1.64. The summed E-state index contributed by atoms with van der Waals surface area (Å²) < 4.78 is 71.4. The van der Waals surface area contributed by atoms with Crippen molar-refractivity contribution < 1.29 is 24.6 Å². The molecule has 1 rings (SSSR count). The van der Waals surface area contributed by atoms with Crippen molar-refractivity contribution in [2.75, 3.05) is 6.56 Å². The van der Waals surface area contributed by atoms with Gasteiger partial charge in [0.15, 0.2) is 0 Å². The topological polar surface area (TPSA) is 63.6 Å². The van der Waals surface area contributed by atoms with Crippen LogP contribution in [0.1, 0.15) is 19.3 Å². The second-order valence-corrected chi connectivity index (χ2v) is 4.02. The average molecular weight is 221 g/mol. The minimum atomic E-state index is -4.64. The maximum absolute atomic E-state index is 11.1. The largest absolute Gasteiger partial charge is 0.492 e. The normalized spacial score (nSPS) is 18.6. The van der Waals surface area contributed by atoms with E-state index in [9.17, 15) is 8.42 Å². The Bertz CT molecular complexity index is 579. The lowest BCUT2D eigenvalue weighted by Gasteiger charge is -2.08. The van der Waals surface area contributed by atoms with Crippen molar-refractivity contribution in [1.82, 2.24) is 0 Å². The molecule has 0 unspecified atom stereocenters. The maximum atomic E-state index is 11.1. The van der Waals surface area contributed by atoms with Crippen LogP contribution in [-0.4, -0.2) is 19.5 Å². The molecule has 0 aliphatic carbocycles. The highest BCUT2D eigenvalue weighted by Crippen LogP contribution is 2.24. The molecule has 0 fully saturated rings. The summed E-state index contributed by atoms with van der Waals surface area (Å²) in [6, 6.07) is 3.50. The molecule has 1 N–H and O–H groups in total. The van der Waals surface area contributed by atoms with E-state index < -0.39 is 34.2 Å². The molecule has 5 heteroatoms. The third-order valence-electron chi connectivity index (χ3n) is 1.54. The van der Waals surface area contributed by atoms with Crippen molar-refractivity contribution in [3.8, 4) is 5.75 Å². The van der Waals surface area contributed by atoms with E-state index in [1.54, 1.807) is 6.92 Å². The zero-order valence-corrected chi connectivity index (χ0v) is 8.13. The van der Waals surface area contributed by atoms with Gasteiger partial charge in [0, 0.05) is 4.11 Å². The molecule has 0 saturated carbocycles. The van der Waals surface area contributed by atoms with E-state index >= 15 is 0 Å². The molecular weight excluding hydrogens is 204 g/mol. The summed E-state index contributed by atoms with van der Waals surface area (Å²) in [7, 11) is -4.64. The lowest BCUT2D eigenvalue weighted by atomic mass is 10.2. The van der Waals surface area contributed by atoms with Crippen molar-refractivity contribution in [1.29, 1.82) is 0 Å². The smallest absolute Gasteiger partial charge is 0.298 e. The van der Waals surface area contributed by atoms with E-state index in [-0.39, 0.29) is 0 Å². The molecule has 14 heavy (non-hydrogen) atoms. The van der Waals surface area contributed by atoms with Gasteiger partial charge in [-0.1, -0.05) is 6.07 Å². The lowest BCUT2D eigenvalue weighted by Crippen LogP contribution is -2.03. The van der Waals surface area contributed by atoms with Crippen LogP contribution in [0.2, 0.25) is 0 Å². The van der Waals surface area contributed by atoms with Crippen LogP contribution in [0, 0.1) is 6.92 Å². The van der Waals surface area contributed by atoms with Crippen LogP contribution in [0.4, 0.5) is 0 Å². The minimum absolute atomic E-state index is 0.517. The molecular formula is C9H12O4S. The first-order valence-corrected chi connectivity index (χ1v) is 5.06. The van der Waals surface area contributed by atoms with Crippen LogP contribution in [0.25, 0.3) is 0 Å². The number of benzene rings is 1. The molecule has 78 valence electrons. The number of aryl methyl sites for hydroxylation is 1. The predicted molar refractivity (Wildman–Crippen MR) is 52.2 cm³/mol. The Morgan fingerprint density at radius 3 is 2.93 bits per heavy atom. The zero-order valence-electron chi connectivity index (χ0n) is 12.3. The molecule has 0 heterocycles. The Morgan fingerprint density at radius 2 is 2.36 bits per heavy atom. The third-order valence-corrected chi connectivity index (χ3v) is 2.43. The van der Waals surface area contributed by atoms with E-state index in [0.29, 0.717) is 5.56 Å². The monoisotopic (exact) mass is 221 g/mol. The second kappa shape index (κ2) is 3.98. The number of hydrogen-bond acceptors (Lipinski definition) is 3. The SMILES string of the molecule is [2H]C([2H])([2H])C([2H])([2H])Oc1cc(C)ccc1S(=O)(=O)O. The van der Waals surface area contributed by atoms with E-state index in [0.717, 1.165) is 12.1 Å². The van der Waals surface area contributed by atoms with Gasteiger partial charge in [0.25, 0.3) is 10.1 Å². The van der Waals surface area contributed by atoms with Crippen molar-refractivity contribution in [3.05, 3.63) is 23.8 Å². The van der Waals surface area contributed by atoms with Gasteiger partial charge < -0.3 is 4.74 Å². The Balaban J connectivity index is 3.32. The molecule has 0 radical (unpaired) electrons. The van der Waals surface area contributed by atoms with E-state index in [1.807, 2.05) is 0 Å². The number of ether oxygens (including phenoxy) is 1.